The van der Waals surface area contributed by atoms with Crippen LogP contribution in [0.25, 0.3) is 22.0 Å². The maximum atomic E-state index is 13.2. The third-order valence-corrected chi connectivity index (χ3v) is 6.48. The first-order valence-electron chi connectivity index (χ1n) is 9.03. The Bertz CT molecular complexity index is 1120. The molecule has 27 heavy (non-hydrogen) atoms. The first kappa shape index (κ1) is 16.6. The van der Waals surface area contributed by atoms with E-state index >= 15 is 0 Å². The van der Waals surface area contributed by atoms with Gasteiger partial charge in [0.05, 0.1) is 23.2 Å². The number of carbonyl (C=O) groups is 1. The second kappa shape index (κ2) is 6.23. The lowest BCUT2D eigenvalue weighted by Crippen LogP contribution is -2.30. The molecule has 1 saturated carbocycles. The zero-order chi connectivity index (χ0) is 18.5. The van der Waals surface area contributed by atoms with Gasteiger partial charge in [-0.1, -0.05) is 30.3 Å². The molecule has 1 fully saturated rings. The fourth-order valence-electron chi connectivity index (χ4n) is 3.82. The molecule has 0 bridgehead atoms. The van der Waals surface area contributed by atoms with Gasteiger partial charge in [0.15, 0.2) is 0 Å². The number of thioether (sulfide) groups is 1. The predicted molar refractivity (Wildman–Crippen MR) is 105 cm³/mol. The summed E-state index contributed by atoms with van der Waals surface area (Å²) in [6.45, 7) is 0. The number of hydrogen-bond acceptors (Lipinski definition) is 5. The highest BCUT2D eigenvalue weighted by atomic mass is 32.2. The monoisotopic (exact) mass is 378 g/mol. The van der Waals surface area contributed by atoms with Crippen molar-refractivity contribution >= 4 is 28.5 Å². The van der Waals surface area contributed by atoms with Crippen molar-refractivity contribution in [2.24, 2.45) is 0 Å². The molecule has 1 aromatic carbocycles. The Kier molecular flexibility index (Phi) is 3.82. The number of rotatable bonds is 3. The normalized spacial score (nSPS) is 18.5. The minimum Gasteiger partial charge on any atom is -0.467 e. The molecule has 5 nitrogen and oxygen atoms in total. The summed E-state index contributed by atoms with van der Waals surface area (Å²) in [4.78, 5) is 29.9. The highest BCUT2D eigenvalue weighted by Gasteiger charge is 2.38. The van der Waals surface area contributed by atoms with Gasteiger partial charge < -0.3 is 4.74 Å². The first-order chi connectivity index (χ1) is 13.2. The van der Waals surface area contributed by atoms with Crippen LogP contribution in [-0.2, 0) is 9.53 Å². The molecule has 5 rings (SSSR count). The predicted octanol–water partition coefficient (Wildman–Crippen LogP) is 3.76. The van der Waals surface area contributed by atoms with Crippen molar-refractivity contribution in [2.75, 3.05) is 12.9 Å². The Morgan fingerprint density at radius 1 is 1.22 bits per heavy atom. The van der Waals surface area contributed by atoms with Crippen LogP contribution in [-0.4, -0.2) is 28.4 Å². The van der Waals surface area contributed by atoms with Crippen molar-refractivity contribution in [1.29, 1.82) is 0 Å². The van der Waals surface area contributed by atoms with Crippen molar-refractivity contribution < 1.29 is 9.53 Å². The molecule has 2 aromatic heterocycles. The third-order valence-electron chi connectivity index (χ3n) is 5.31. The fraction of sp³-hybridized carbons (Fsp3) is 0.286. The van der Waals surface area contributed by atoms with E-state index in [0.29, 0.717) is 17.1 Å². The van der Waals surface area contributed by atoms with E-state index in [1.54, 1.807) is 22.5 Å². The number of nitrogens with zero attached hydrogens (tertiary/aromatic N) is 2. The van der Waals surface area contributed by atoms with E-state index in [9.17, 15) is 9.59 Å². The average molecular weight is 378 g/mol. The van der Waals surface area contributed by atoms with Gasteiger partial charge in [-0.05, 0) is 35.8 Å². The number of esters is 1. The number of pyridine rings is 2. The Labute approximate surface area is 160 Å². The molecule has 0 saturated heterocycles. The van der Waals surface area contributed by atoms with Crippen LogP contribution in [0.3, 0.4) is 0 Å². The minimum atomic E-state index is -0.557. The molecule has 1 aliphatic carbocycles. The van der Waals surface area contributed by atoms with Crippen molar-refractivity contribution in [1.82, 2.24) is 9.55 Å². The molecule has 1 aliphatic heterocycles. The summed E-state index contributed by atoms with van der Waals surface area (Å²) in [6, 6.07) is 11.5. The molecule has 136 valence electrons. The standard InChI is InChI=1S/C21H18N2O3S/c1-26-21(25)17-11-27-20-18(13-7-8-13)14-9-16(12-5-3-2-4-6-12)22-10-15(14)19(24)23(17)20/h2-6,9-10,13,17H,7-8,11H2,1H3/t17-/m0/s1. The van der Waals surface area contributed by atoms with Gasteiger partial charge in [-0.3, -0.25) is 14.3 Å². The molecule has 1 atom stereocenters. The quantitative estimate of drug-likeness (QED) is 0.650. The van der Waals surface area contributed by atoms with Crippen LogP contribution in [0.15, 0.2) is 52.4 Å². The molecule has 0 amide bonds. The summed E-state index contributed by atoms with van der Waals surface area (Å²) in [5.41, 5.74) is 2.93. The van der Waals surface area contributed by atoms with Crippen LogP contribution >= 0.6 is 11.8 Å². The zero-order valence-corrected chi connectivity index (χ0v) is 15.7. The Hall–Kier alpha value is -2.60. The van der Waals surface area contributed by atoms with E-state index in [1.165, 1.54) is 12.7 Å². The van der Waals surface area contributed by atoms with Gasteiger partial charge >= 0.3 is 5.97 Å². The summed E-state index contributed by atoms with van der Waals surface area (Å²) in [5, 5.41) is 2.48. The highest BCUT2D eigenvalue weighted by Crippen LogP contribution is 2.49. The number of ether oxygens (including phenoxy) is 1. The first-order valence-corrected chi connectivity index (χ1v) is 10.0. The van der Waals surface area contributed by atoms with Gasteiger partial charge in [-0.25, -0.2) is 4.79 Å². The molecular weight excluding hydrogens is 360 g/mol. The lowest BCUT2D eigenvalue weighted by atomic mass is 10.0. The summed E-state index contributed by atoms with van der Waals surface area (Å²) < 4.78 is 6.56. The number of methoxy groups -OCH3 is 1. The van der Waals surface area contributed by atoms with Crippen LogP contribution < -0.4 is 5.56 Å². The lowest BCUT2D eigenvalue weighted by Gasteiger charge is -2.16. The largest absolute Gasteiger partial charge is 0.467 e. The average Bonchev–Trinajstić information content (AvgIpc) is 3.45. The second-order valence-corrected chi connectivity index (χ2v) is 8.01. The topological polar surface area (TPSA) is 61.2 Å². The number of benzene rings is 1. The lowest BCUT2D eigenvalue weighted by molar-refractivity contribution is -0.143. The van der Waals surface area contributed by atoms with Crippen molar-refractivity contribution in [3.8, 4) is 11.3 Å². The summed E-state index contributed by atoms with van der Waals surface area (Å²) in [5.74, 6) is 0.624. The van der Waals surface area contributed by atoms with E-state index < -0.39 is 6.04 Å². The second-order valence-electron chi connectivity index (χ2n) is 7.00. The summed E-state index contributed by atoms with van der Waals surface area (Å²) in [6.07, 6.45) is 3.90. The minimum absolute atomic E-state index is 0.156. The van der Waals surface area contributed by atoms with E-state index in [4.69, 9.17) is 4.74 Å². The number of hydrogen-bond donors (Lipinski definition) is 0. The molecule has 0 unspecified atom stereocenters. The van der Waals surface area contributed by atoms with E-state index in [1.807, 2.05) is 36.4 Å². The highest BCUT2D eigenvalue weighted by molar-refractivity contribution is 7.99. The van der Waals surface area contributed by atoms with Crippen LogP contribution in [0.4, 0.5) is 0 Å². The summed E-state index contributed by atoms with van der Waals surface area (Å²) in [7, 11) is 1.37. The SMILES string of the molecule is COC(=O)[C@@H]1CSc2c(C3CC3)c3cc(-c4ccccc4)ncc3c(=O)n21. The molecule has 3 heterocycles. The van der Waals surface area contributed by atoms with Crippen molar-refractivity contribution in [3.05, 3.63) is 58.5 Å². The zero-order valence-electron chi connectivity index (χ0n) is 14.8. The van der Waals surface area contributed by atoms with E-state index in [0.717, 1.165) is 34.5 Å². The number of carbonyl (C=O) groups excluding carboxylic acids is 1. The molecular formula is C21H18N2O3S. The van der Waals surface area contributed by atoms with E-state index in [-0.39, 0.29) is 11.5 Å². The van der Waals surface area contributed by atoms with Gasteiger partial charge in [0, 0.05) is 17.5 Å². The fourth-order valence-corrected chi connectivity index (χ4v) is 5.20. The molecule has 2 aliphatic rings. The maximum Gasteiger partial charge on any atom is 0.329 e. The molecule has 3 aromatic rings. The van der Waals surface area contributed by atoms with Crippen LogP contribution in [0.1, 0.15) is 30.4 Å². The van der Waals surface area contributed by atoms with Gasteiger partial charge in [-0.15, -0.1) is 11.8 Å². The molecule has 0 radical (unpaired) electrons. The van der Waals surface area contributed by atoms with Crippen molar-refractivity contribution in [2.45, 2.75) is 29.8 Å². The Balaban J connectivity index is 1.79. The van der Waals surface area contributed by atoms with Crippen molar-refractivity contribution in [3.63, 3.8) is 0 Å². The third kappa shape index (κ3) is 2.58. The van der Waals surface area contributed by atoms with Gasteiger partial charge in [0.2, 0.25) is 0 Å². The Morgan fingerprint density at radius 3 is 2.70 bits per heavy atom. The Morgan fingerprint density at radius 2 is 2.00 bits per heavy atom. The van der Waals surface area contributed by atoms with Gasteiger partial charge in [0.1, 0.15) is 6.04 Å². The smallest absolute Gasteiger partial charge is 0.329 e. The number of fused-ring (bicyclic) bond motifs is 2. The van der Waals surface area contributed by atoms with E-state index in [2.05, 4.69) is 4.98 Å². The number of aromatic nitrogens is 2. The molecule has 6 heteroatoms. The van der Waals surface area contributed by atoms with Crippen LogP contribution in [0, 0.1) is 0 Å². The van der Waals surface area contributed by atoms with Crippen LogP contribution in [0.5, 0.6) is 0 Å². The maximum absolute atomic E-state index is 13.2. The molecule has 0 spiro atoms. The van der Waals surface area contributed by atoms with Crippen LogP contribution in [0.2, 0.25) is 0 Å². The van der Waals surface area contributed by atoms with Gasteiger partial charge in [-0.2, -0.15) is 0 Å². The molecule has 0 N–H and O–H groups in total. The van der Waals surface area contributed by atoms with Gasteiger partial charge in [0.25, 0.3) is 5.56 Å². The summed E-state index contributed by atoms with van der Waals surface area (Å²) >= 11 is 1.59.